The van der Waals surface area contributed by atoms with Crippen molar-refractivity contribution >= 4 is 10.4 Å². The van der Waals surface area contributed by atoms with Crippen LogP contribution in [0.15, 0.2) is 0 Å². The molecule has 0 aromatic carbocycles. The molecule has 1 radical (unpaired) electrons. The summed E-state index contributed by atoms with van der Waals surface area (Å²) in [6.07, 6.45) is 0. The van der Waals surface area contributed by atoms with E-state index in [1.54, 1.807) is 0 Å². The Morgan fingerprint density at radius 2 is 1.14 bits per heavy atom. The molecule has 0 aromatic rings. The zero-order chi connectivity index (χ0) is 4.50. The molecule has 0 fully saturated rings. The van der Waals surface area contributed by atoms with Crippen LogP contribution in [0.1, 0.15) is 0 Å². The van der Waals surface area contributed by atoms with Crippen LogP contribution in [0.5, 0.6) is 0 Å². The molecular weight excluding hydrogens is 171 g/mol. The monoisotopic (exact) mass is 173 g/mol. The number of hydrogen-bond donors (Lipinski definition) is 0. The standard InChI is InChI=1S/Co.H2O4S.H2O/c;1-5(2,3)4;/h;(H2,1,2,3,4);1H2/q+2;;/p-2. The molecule has 5 nitrogen and oxygen atoms in total. The van der Waals surface area contributed by atoms with Gasteiger partial charge in [0.15, 0.2) is 0 Å². The van der Waals surface area contributed by atoms with Gasteiger partial charge in [-0.1, -0.05) is 0 Å². The first kappa shape index (κ1) is 15.7. The molecule has 0 unspecified atom stereocenters. The third kappa shape index (κ3) is 1050. The van der Waals surface area contributed by atoms with Crippen LogP contribution in [0.4, 0.5) is 0 Å². The summed E-state index contributed by atoms with van der Waals surface area (Å²) in [5, 5.41) is 0. The van der Waals surface area contributed by atoms with Crippen LogP contribution >= 0.6 is 0 Å². The summed E-state index contributed by atoms with van der Waals surface area (Å²) in [6.45, 7) is 0. The fourth-order valence-electron chi connectivity index (χ4n) is 0. The Kier molecular flexibility index (Phi) is 10.1. The molecule has 7 heteroatoms. The van der Waals surface area contributed by atoms with E-state index in [0.29, 0.717) is 0 Å². The summed E-state index contributed by atoms with van der Waals surface area (Å²) in [7, 11) is -5.17. The first-order chi connectivity index (χ1) is 2.00. The predicted octanol–water partition coefficient (Wildman–Crippen LogP) is -2.17. The molecule has 0 aliphatic heterocycles. The van der Waals surface area contributed by atoms with Gasteiger partial charge in [0, 0.05) is 10.4 Å². The second-order valence-corrected chi connectivity index (χ2v) is 1.22. The average molecular weight is 173 g/mol. The Hall–Kier alpha value is 0.336. The van der Waals surface area contributed by atoms with Gasteiger partial charge in [-0.05, 0) is 0 Å². The van der Waals surface area contributed by atoms with Gasteiger partial charge in [-0.2, -0.15) is 0 Å². The summed E-state index contributed by atoms with van der Waals surface area (Å²) < 4.78 is 34.1. The summed E-state index contributed by atoms with van der Waals surface area (Å²) in [5.74, 6) is 0. The smallest absolute Gasteiger partial charge is 0.759 e. The Morgan fingerprint density at radius 1 is 1.14 bits per heavy atom. The quantitative estimate of drug-likeness (QED) is 0.306. The van der Waals surface area contributed by atoms with Crippen molar-refractivity contribution < 1.29 is 39.8 Å². The molecule has 47 valence electrons. The van der Waals surface area contributed by atoms with Crippen LogP contribution in [-0.4, -0.2) is 23.0 Å². The second kappa shape index (κ2) is 4.49. The van der Waals surface area contributed by atoms with Crippen molar-refractivity contribution in [3.05, 3.63) is 0 Å². The Labute approximate surface area is 50.8 Å². The van der Waals surface area contributed by atoms with E-state index in [9.17, 15) is 0 Å². The zero-order valence-corrected chi connectivity index (χ0v) is 4.73. The fourth-order valence-corrected chi connectivity index (χ4v) is 0. The van der Waals surface area contributed by atoms with Crippen molar-refractivity contribution in [2.75, 3.05) is 0 Å². The van der Waals surface area contributed by atoms with Crippen molar-refractivity contribution in [2.24, 2.45) is 0 Å². The zero-order valence-electron chi connectivity index (χ0n) is 2.87. The molecule has 0 atom stereocenters. The van der Waals surface area contributed by atoms with E-state index in [1.165, 1.54) is 0 Å². The fraction of sp³-hybridized carbons (Fsp3) is 0. The molecule has 0 amide bonds. The molecule has 0 saturated carbocycles. The molecule has 0 aliphatic rings. The second-order valence-electron chi connectivity index (χ2n) is 0.408. The van der Waals surface area contributed by atoms with Gasteiger partial charge in [0.25, 0.3) is 0 Å². The van der Waals surface area contributed by atoms with Crippen LogP contribution in [-0.2, 0) is 27.2 Å². The van der Waals surface area contributed by atoms with Crippen molar-refractivity contribution in [1.82, 2.24) is 0 Å². The molecule has 0 heterocycles. The minimum Gasteiger partial charge on any atom is -0.759 e. The van der Waals surface area contributed by atoms with Gasteiger partial charge < -0.3 is 14.6 Å². The molecular formula is H2CoO5S. The van der Waals surface area contributed by atoms with Gasteiger partial charge in [-0.3, -0.25) is 8.42 Å². The molecule has 0 bridgehead atoms. The largest absolute Gasteiger partial charge is 2.00 e. The van der Waals surface area contributed by atoms with Crippen molar-refractivity contribution in [3.8, 4) is 0 Å². The molecule has 7 heavy (non-hydrogen) atoms. The van der Waals surface area contributed by atoms with E-state index in [-0.39, 0.29) is 22.3 Å². The molecule has 0 aromatic heterocycles. The molecule has 0 aliphatic carbocycles. The molecule has 0 rings (SSSR count). The van der Waals surface area contributed by atoms with Gasteiger partial charge in [0.1, 0.15) is 0 Å². The van der Waals surface area contributed by atoms with E-state index >= 15 is 0 Å². The normalized spacial score (nSPS) is 8.29. The van der Waals surface area contributed by atoms with Gasteiger partial charge in [-0.15, -0.1) is 0 Å². The predicted molar refractivity (Wildman–Crippen MR) is 14.1 cm³/mol. The van der Waals surface area contributed by atoms with E-state index in [2.05, 4.69) is 0 Å². The summed E-state index contributed by atoms with van der Waals surface area (Å²) in [5.41, 5.74) is 0. The van der Waals surface area contributed by atoms with Crippen LogP contribution in [0.3, 0.4) is 0 Å². The van der Waals surface area contributed by atoms with Crippen molar-refractivity contribution in [3.63, 3.8) is 0 Å². The molecule has 0 saturated heterocycles. The van der Waals surface area contributed by atoms with Gasteiger partial charge >= 0.3 is 16.8 Å². The van der Waals surface area contributed by atoms with E-state index in [0.717, 1.165) is 0 Å². The molecule has 0 spiro atoms. The van der Waals surface area contributed by atoms with Gasteiger partial charge in [-0.25, -0.2) is 0 Å². The van der Waals surface area contributed by atoms with Crippen LogP contribution < -0.4 is 0 Å². The van der Waals surface area contributed by atoms with Crippen molar-refractivity contribution in [1.29, 1.82) is 0 Å². The first-order valence-electron chi connectivity index (χ1n) is 0.667. The maximum Gasteiger partial charge on any atom is 2.00 e. The summed E-state index contributed by atoms with van der Waals surface area (Å²) in [6, 6.07) is 0. The topological polar surface area (TPSA) is 112 Å². The van der Waals surface area contributed by atoms with Gasteiger partial charge in [0.05, 0.1) is 0 Å². The Morgan fingerprint density at radius 3 is 1.14 bits per heavy atom. The van der Waals surface area contributed by atoms with Crippen LogP contribution in [0.25, 0.3) is 0 Å². The summed E-state index contributed by atoms with van der Waals surface area (Å²) >= 11 is 0. The van der Waals surface area contributed by atoms with Crippen LogP contribution in [0, 0.1) is 0 Å². The number of rotatable bonds is 0. The maximum absolute atomic E-state index is 8.52. The Balaban J connectivity index is -0.0000000800. The first-order valence-corrected chi connectivity index (χ1v) is 2.00. The summed E-state index contributed by atoms with van der Waals surface area (Å²) in [4.78, 5) is 0. The minimum absolute atomic E-state index is 0. The maximum atomic E-state index is 8.52. The third-order valence-electron chi connectivity index (χ3n) is 0. The van der Waals surface area contributed by atoms with Crippen LogP contribution in [0.2, 0.25) is 0 Å². The van der Waals surface area contributed by atoms with E-state index in [4.69, 9.17) is 17.5 Å². The third-order valence-corrected chi connectivity index (χ3v) is 0. The number of hydrogen-bond acceptors (Lipinski definition) is 4. The van der Waals surface area contributed by atoms with Gasteiger partial charge in [0.2, 0.25) is 0 Å². The van der Waals surface area contributed by atoms with E-state index < -0.39 is 10.4 Å². The average Bonchev–Trinajstić information content (AvgIpc) is 0.722. The molecule has 2 N–H and O–H groups in total. The Bertz CT molecular complexity index is 91.2. The SMILES string of the molecule is O.O=S(=O)([O-])[O-].[Co+2]. The minimum atomic E-state index is -5.17. The van der Waals surface area contributed by atoms with Crippen molar-refractivity contribution in [2.45, 2.75) is 0 Å². The van der Waals surface area contributed by atoms with E-state index in [1.807, 2.05) is 0 Å².